The summed E-state index contributed by atoms with van der Waals surface area (Å²) in [5.41, 5.74) is 4.49. The average molecular weight is 475 g/mol. The summed E-state index contributed by atoms with van der Waals surface area (Å²) in [5, 5.41) is 20.7. The molecule has 2 aliphatic heterocycles. The number of H-pyrrole nitrogens is 1. The summed E-state index contributed by atoms with van der Waals surface area (Å²) >= 11 is 0. The number of alkyl halides is 3. The van der Waals surface area contributed by atoms with Crippen molar-refractivity contribution in [2.24, 2.45) is 0 Å². The minimum Gasteiger partial charge on any atom is -0.390 e. The maximum absolute atomic E-state index is 14.2. The molecule has 1 aromatic carbocycles. The summed E-state index contributed by atoms with van der Waals surface area (Å²) < 4.78 is 40.7. The van der Waals surface area contributed by atoms with E-state index in [4.69, 9.17) is 0 Å². The molecule has 1 atom stereocenters. The maximum atomic E-state index is 14.2. The largest absolute Gasteiger partial charge is 0.390 e. The zero-order chi connectivity index (χ0) is 23.7. The molecule has 182 valence electrons. The van der Waals surface area contributed by atoms with Crippen molar-refractivity contribution in [1.29, 1.82) is 0 Å². The molecule has 1 saturated heterocycles. The number of nitrogens with one attached hydrogen (secondary N) is 2. The number of rotatable bonds is 9. The third-order valence-electron chi connectivity index (χ3n) is 6.75. The predicted octanol–water partition coefficient (Wildman–Crippen LogP) is 2.99. The molecule has 0 bridgehead atoms. The first kappa shape index (κ1) is 23.1. The Labute approximate surface area is 196 Å². The van der Waals surface area contributed by atoms with Crippen LogP contribution in [0.4, 0.5) is 18.9 Å². The number of hydrogen-bond acceptors (Lipinski definition) is 6. The highest BCUT2D eigenvalue weighted by Gasteiger charge is 2.38. The van der Waals surface area contributed by atoms with Crippen LogP contribution in [0.2, 0.25) is 0 Å². The normalized spacial score (nSPS) is 19.8. The van der Waals surface area contributed by atoms with E-state index in [2.05, 4.69) is 25.4 Å². The molecule has 3 aromatic rings. The average Bonchev–Trinajstić information content (AvgIpc) is 3.30. The number of aliphatic hydroxyl groups excluding tert-OH is 1. The lowest BCUT2D eigenvalue weighted by molar-refractivity contribution is -0.0788. The Bertz CT molecular complexity index is 1120. The molecule has 2 aliphatic rings. The van der Waals surface area contributed by atoms with Gasteiger partial charge in [0.1, 0.15) is 6.61 Å². The molecule has 0 saturated carbocycles. The Balaban J connectivity index is 1.38. The van der Waals surface area contributed by atoms with E-state index in [0.717, 1.165) is 47.4 Å². The Morgan fingerprint density at radius 2 is 2.03 bits per heavy atom. The van der Waals surface area contributed by atoms with Gasteiger partial charge in [0.25, 0.3) is 5.92 Å². The van der Waals surface area contributed by atoms with Crippen molar-refractivity contribution in [2.45, 2.75) is 30.8 Å². The van der Waals surface area contributed by atoms with E-state index in [1.807, 2.05) is 24.3 Å². The van der Waals surface area contributed by atoms with Crippen LogP contribution in [0.15, 0.2) is 36.7 Å². The smallest absolute Gasteiger partial charge is 0.283 e. The maximum Gasteiger partial charge on any atom is 0.283 e. The summed E-state index contributed by atoms with van der Waals surface area (Å²) in [6, 6.07) is 7.53. The Hall–Kier alpha value is -2.69. The fourth-order valence-corrected chi connectivity index (χ4v) is 5.09. The first-order valence-electron chi connectivity index (χ1n) is 11.7. The number of likely N-dealkylation sites (tertiary alicyclic amines) is 1. The van der Waals surface area contributed by atoms with Crippen LogP contribution < -0.4 is 5.32 Å². The lowest BCUT2D eigenvalue weighted by Crippen LogP contribution is -2.54. The van der Waals surface area contributed by atoms with E-state index in [0.29, 0.717) is 25.1 Å². The molecule has 7 nitrogen and oxygen atoms in total. The molecule has 1 fully saturated rings. The molecule has 0 spiro atoms. The van der Waals surface area contributed by atoms with Gasteiger partial charge in [-0.25, -0.2) is 8.78 Å². The van der Waals surface area contributed by atoms with Crippen molar-refractivity contribution in [2.75, 3.05) is 51.3 Å². The Morgan fingerprint density at radius 3 is 2.76 bits per heavy atom. The van der Waals surface area contributed by atoms with Crippen LogP contribution in [-0.2, 0) is 6.42 Å². The molecule has 1 unspecified atom stereocenters. The zero-order valence-corrected chi connectivity index (χ0v) is 18.9. The van der Waals surface area contributed by atoms with Crippen LogP contribution >= 0.6 is 0 Å². The van der Waals surface area contributed by atoms with E-state index < -0.39 is 25.1 Å². The molecule has 10 heteroatoms. The van der Waals surface area contributed by atoms with Crippen LogP contribution in [0.3, 0.4) is 0 Å². The third-order valence-corrected chi connectivity index (χ3v) is 6.75. The van der Waals surface area contributed by atoms with Gasteiger partial charge < -0.3 is 10.4 Å². The summed E-state index contributed by atoms with van der Waals surface area (Å²) in [4.78, 5) is 8.56. The summed E-state index contributed by atoms with van der Waals surface area (Å²) in [5.74, 6) is -3.20. The lowest BCUT2D eigenvalue weighted by Gasteiger charge is -2.40. The van der Waals surface area contributed by atoms with Gasteiger partial charge in [0.2, 0.25) is 0 Å². The number of aromatic nitrogens is 3. The van der Waals surface area contributed by atoms with Gasteiger partial charge in [-0.2, -0.15) is 5.10 Å². The third kappa shape index (κ3) is 4.62. The highest BCUT2D eigenvalue weighted by molar-refractivity contribution is 5.83. The molecule has 4 heterocycles. The van der Waals surface area contributed by atoms with E-state index >= 15 is 0 Å². The fraction of sp³-hybridized carbons (Fsp3) is 0.500. The number of nitrogens with zero attached hydrogens (tertiary/aromatic N) is 4. The van der Waals surface area contributed by atoms with Crippen molar-refractivity contribution in [3.63, 3.8) is 0 Å². The number of anilines is 1. The monoisotopic (exact) mass is 474 g/mol. The summed E-state index contributed by atoms with van der Waals surface area (Å²) in [6.45, 7) is 0.892. The minimum absolute atomic E-state index is 0.289. The van der Waals surface area contributed by atoms with E-state index in [1.54, 1.807) is 17.3 Å². The number of benzene rings is 1. The number of hydrogen-bond donors (Lipinski definition) is 3. The standard InChI is InChI=1S/C24H29F3N6O/c25-7-1-8-32-12-17(13-32)30-16-2-4-22(28-10-16)23-19-3-5-21-20(11-29-31-21)18(19)6-9-33(23)14-24(26,27)15-34/h2-5,10-11,17,23,30,34H,1,6-9,12-15H2,(H,29,31). The van der Waals surface area contributed by atoms with Gasteiger partial charge in [-0.3, -0.25) is 24.3 Å². The van der Waals surface area contributed by atoms with Crippen LogP contribution in [0.1, 0.15) is 29.3 Å². The van der Waals surface area contributed by atoms with Gasteiger partial charge in [0, 0.05) is 31.6 Å². The second-order valence-electron chi connectivity index (χ2n) is 9.22. The van der Waals surface area contributed by atoms with Gasteiger partial charge in [0.05, 0.1) is 54.6 Å². The van der Waals surface area contributed by atoms with Crippen LogP contribution in [0, 0.1) is 0 Å². The zero-order valence-electron chi connectivity index (χ0n) is 18.9. The number of aromatic amines is 1. The number of aliphatic hydroxyl groups is 1. The minimum atomic E-state index is -3.20. The molecule has 34 heavy (non-hydrogen) atoms. The number of pyridine rings is 1. The van der Waals surface area contributed by atoms with Gasteiger partial charge in [-0.1, -0.05) is 6.07 Å². The quantitative estimate of drug-likeness (QED) is 0.443. The van der Waals surface area contributed by atoms with Gasteiger partial charge in [-0.15, -0.1) is 0 Å². The van der Waals surface area contributed by atoms with Crippen molar-refractivity contribution in [1.82, 2.24) is 25.0 Å². The number of halogens is 3. The molecular weight excluding hydrogens is 445 g/mol. The van der Waals surface area contributed by atoms with Crippen molar-refractivity contribution < 1.29 is 18.3 Å². The van der Waals surface area contributed by atoms with Crippen LogP contribution in [0.25, 0.3) is 10.9 Å². The van der Waals surface area contributed by atoms with E-state index in [1.165, 1.54) is 0 Å². The van der Waals surface area contributed by atoms with Crippen molar-refractivity contribution in [3.8, 4) is 0 Å². The Morgan fingerprint density at radius 1 is 1.18 bits per heavy atom. The van der Waals surface area contributed by atoms with Crippen LogP contribution in [-0.4, -0.2) is 88.1 Å². The molecule has 0 aliphatic carbocycles. The van der Waals surface area contributed by atoms with Crippen molar-refractivity contribution in [3.05, 3.63) is 53.5 Å². The highest BCUT2D eigenvalue weighted by Crippen LogP contribution is 2.38. The van der Waals surface area contributed by atoms with Gasteiger partial charge in [-0.05, 0) is 42.2 Å². The molecule has 3 N–H and O–H groups in total. The van der Waals surface area contributed by atoms with Crippen LogP contribution in [0.5, 0.6) is 0 Å². The summed E-state index contributed by atoms with van der Waals surface area (Å²) in [6.07, 6.45) is 4.69. The SMILES string of the molecule is OCC(F)(F)CN1CCc2c(ccc3[nH]ncc23)C1c1ccc(NC2CN(CCCF)C2)cn1. The topological polar surface area (TPSA) is 80.3 Å². The molecule has 5 rings (SSSR count). The molecule has 0 amide bonds. The van der Waals surface area contributed by atoms with Gasteiger partial charge in [0.15, 0.2) is 0 Å². The van der Waals surface area contributed by atoms with Gasteiger partial charge >= 0.3 is 0 Å². The number of fused-ring (bicyclic) bond motifs is 3. The van der Waals surface area contributed by atoms with Crippen molar-refractivity contribution >= 4 is 16.6 Å². The summed E-state index contributed by atoms with van der Waals surface area (Å²) in [7, 11) is 0. The van der Waals surface area contributed by atoms with E-state index in [-0.39, 0.29) is 12.7 Å². The fourth-order valence-electron chi connectivity index (χ4n) is 5.09. The molecule has 2 aromatic heterocycles. The molecule has 0 radical (unpaired) electrons. The van der Waals surface area contributed by atoms with E-state index in [9.17, 15) is 18.3 Å². The molecular formula is C24H29F3N6O. The Kier molecular flexibility index (Phi) is 6.46. The first-order chi connectivity index (χ1) is 16.5. The lowest BCUT2D eigenvalue weighted by atomic mass is 9.88. The second kappa shape index (κ2) is 9.52. The highest BCUT2D eigenvalue weighted by atomic mass is 19.3. The predicted molar refractivity (Wildman–Crippen MR) is 124 cm³/mol. The first-order valence-corrected chi connectivity index (χ1v) is 11.7. The second-order valence-corrected chi connectivity index (χ2v) is 9.22.